The lowest BCUT2D eigenvalue weighted by Crippen LogP contribution is -2.48. The zero-order chi connectivity index (χ0) is 11.9. The molecule has 3 N–H and O–H groups in total. The van der Waals surface area contributed by atoms with Gasteiger partial charge in [0, 0.05) is 16.3 Å². The van der Waals surface area contributed by atoms with Crippen LogP contribution in [0, 0.1) is 0 Å². The van der Waals surface area contributed by atoms with Crippen LogP contribution in [0.5, 0.6) is 0 Å². The molecule has 1 aromatic carbocycles. The standard InChI is InChI=1S/C10H10ClNO4/c1-16-9(14)10(15)8(13)6-4-5(11)2-3-7(6)12-10/h2-4,8,12-13,15H,1H3. The van der Waals surface area contributed by atoms with Gasteiger partial charge in [0.1, 0.15) is 6.10 Å². The molecule has 2 rings (SSSR count). The zero-order valence-corrected chi connectivity index (χ0v) is 9.15. The van der Waals surface area contributed by atoms with E-state index in [4.69, 9.17) is 11.6 Å². The van der Waals surface area contributed by atoms with Crippen molar-refractivity contribution in [1.29, 1.82) is 0 Å². The van der Waals surface area contributed by atoms with Gasteiger partial charge in [-0.25, -0.2) is 4.79 Å². The first-order valence-corrected chi connectivity index (χ1v) is 4.93. The number of benzene rings is 1. The van der Waals surface area contributed by atoms with Crippen LogP contribution in [0.15, 0.2) is 18.2 Å². The summed E-state index contributed by atoms with van der Waals surface area (Å²) in [4.78, 5) is 11.4. The van der Waals surface area contributed by atoms with Crippen molar-refractivity contribution < 1.29 is 19.7 Å². The van der Waals surface area contributed by atoms with Crippen LogP contribution in [0.25, 0.3) is 0 Å². The molecule has 0 radical (unpaired) electrons. The molecule has 0 spiro atoms. The molecule has 0 aliphatic carbocycles. The Labute approximate surface area is 96.6 Å². The molecule has 5 nitrogen and oxygen atoms in total. The molecule has 6 heteroatoms. The fraction of sp³-hybridized carbons (Fsp3) is 0.300. The number of aliphatic hydroxyl groups is 2. The molecule has 0 bridgehead atoms. The van der Waals surface area contributed by atoms with E-state index in [-0.39, 0.29) is 0 Å². The Balaban J connectivity index is 2.44. The molecule has 0 saturated carbocycles. The van der Waals surface area contributed by atoms with Crippen LogP contribution in [0.3, 0.4) is 0 Å². The van der Waals surface area contributed by atoms with E-state index in [2.05, 4.69) is 10.1 Å². The summed E-state index contributed by atoms with van der Waals surface area (Å²) in [5.74, 6) is -0.952. The maximum absolute atomic E-state index is 11.4. The first-order chi connectivity index (χ1) is 7.49. The second kappa shape index (κ2) is 3.62. The van der Waals surface area contributed by atoms with Gasteiger partial charge >= 0.3 is 5.97 Å². The molecule has 86 valence electrons. The average molecular weight is 244 g/mol. The molecule has 0 saturated heterocycles. The van der Waals surface area contributed by atoms with Crippen LogP contribution in [0.4, 0.5) is 5.69 Å². The fourth-order valence-electron chi connectivity index (χ4n) is 1.69. The Morgan fingerprint density at radius 1 is 1.62 bits per heavy atom. The first-order valence-electron chi connectivity index (χ1n) is 4.55. The lowest BCUT2D eigenvalue weighted by atomic mass is 10.0. The minimum absolute atomic E-state index is 0.361. The molecule has 16 heavy (non-hydrogen) atoms. The maximum Gasteiger partial charge on any atom is 0.362 e. The van der Waals surface area contributed by atoms with Gasteiger partial charge in [0.25, 0.3) is 5.72 Å². The highest BCUT2D eigenvalue weighted by Crippen LogP contribution is 2.41. The summed E-state index contributed by atoms with van der Waals surface area (Å²) in [6, 6.07) is 4.64. The third kappa shape index (κ3) is 1.44. The lowest BCUT2D eigenvalue weighted by molar-refractivity contribution is -0.169. The number of methoxy groups -OCH3 is 1. The first kappa shape index (κ1) is 11.2. The minimum atomic E-state index is -2.15. The van der Waals surface area contributed by atoms with Gasteiger partial charge in [-0.1, -0.05) is 11.6 Å². The molecule has 1 aliphatic rings. The molecule has 0 aromatic heterocycles. The van der Waals surface area contributed by atoms with E-state index in [0.717, 1.165) is 7.11 Å². The van der Waals surface area contributed by atoms with Gasteiger partial charge in [-0.3, -0.25) is 0 Å². The van der Waals surface area contributed by atoms with E-state index >= 15 is 0 Å². The summed E-state index contributed by atoms with van der Waals surface area (Å²) in [6.07, 6.45) is -1.41. The summed E-state index contributed by atoms with van der Waals surface area (Å²) in [6.45, 7) is 0. The van der Waals surface area contributed by atoms with Crippen LogP contribution in [0.1, 0.15) is 11.7 Å². The predicted octanol–water partition coefficient (Wildman–Crippen LogP) is 0.660. The van der Waals surface area contributed by atoms with Crippen molar-refractivity contribution in [3.05, 3.63) is 28.8 Å². The van der Waals surface area contributed by atoms with Gasteiger partial charge in [-0.2, -0.15) is 0 Å². The summed E-state index contributed by atoms with van der Waals surface area (Å²) in [7, 11) is 1.13. The Kier molecular flexibility index (Phi) is 2.53. The van der Waals surface area contributed by atoms with Crippen molar-refractivity contribution in [2.24, 2.45) is 0 Å². The number of rotatable bonds is 1. The molecular formula is C10H10ClNO4. The van der Waals surface area contributed by atoms with Crippen molar-refractivity contribution in [1.82, 2.24) is 0 Å². The summed E-state index contributed by atoms with van der Waals surface area (Å²) < 4.78 is 4.42. The topological polar surface area (TPSA) is 78.8 Å². The van der Waals surface area contributed by atoms with E-state index < -0.39 is 17.8 Å². The van der Waals surface area contributed by atoms with Crippen LogP contribution in [0.2, 0.25) is 5.02 Å². The van der Waals surface area contributed by atoms with Crippen molar-refractivity contribution in [2.75, 3.05) is 12.4 Å². The van der Waals surface area contributed by atoms with E-state index in [0.29, 0.717) is 16.3 Å². The number of ether oxygens (including phenoxy) is 1. The fourth-order valence-corrected chi connectivity index (χ4v) is 1.87. The monoisotopic (exact) mass is 243 g/mol. The van der Waals surface area contributed by atoms with Crippen molar-refractivity contribution in [3.63, 3.8) is 0 Å². The lowest BCUT2D eigenvalue weighted by Gasteiger charge is -2.23. The molecule has 2 atom stereocenters. The number of halogens is 1. The number of nitrogens with one attached hydrogen (secondary N) is 1. The zero-order valence-electron chi connectivity index (χ0n) is 8.40. The minimum Gasteiger partial charge on any atom is -0.465 e. The van der Waals surface area contributed by atoms with Gasteiger partial charge in [0.2, 0.25) is 0 Å². The molecule has 2 unspecified atom stereocenters. The van der Waals surface area contributed by atoms with Crippen LogP contribution in [-0.2, 0) is 9.53 Å². The van der Waals surface area contributed by atoms with Crippen molar-refractivity contribution in [3.8, 4) is 0 Å². The van der Waals surface area contributed by atoms with Gasteiger partial charge < -0.3 is 20.3 Å². The Hall–Kier alpha value is -1.30. The Bertz CT molecular complexity index is 450. The SMILES string of the molecule is COC(=O)C1(O)Nc2ccc(Cl)cc2C1O. The summed E-state index contributed by atoms with van der Waals surface area (Å²) in [5, 5.41) is 22.7. The van der Waals surface area contributed by atoms with E-state index in [1.807, 2.05) is 0 Å². The number of carbonyl (C=O) groups is 1. The molecule has 1 heterocycles. The largest absolute Gasteiger partial charge is 0.465 e. The Morgan fingerprint density at radius 2 is 2.31 bits per heavy atom. The third-order valence-electron chi connectivity index (χ3n) is 2.53. The van der Waals surface area contributed by atoms with Crippen molar-refractivity contribution >= 4 is 23.3 Å². The number of anilines is 1. The number of fused-ring (bicyclic) bond motifs is 1. The van der Waals surface area contributed by atoms with E-state index in [9.17, 15) is 15.0 Å². The second-order valence-corrected chi connectivity index (χ2v) is 3.95. The predicted molar refractivity (Wildman–Crippen MR) is 57.0 cm³/mol. The molecule has 1 aromatic rings. The van der Waals surface area contributed by atoms with Gasteiger partial charge in [0.05, 0.1) is 7.11 Å². The van der Waals surface area contributed by atoms with Gasteiger partial charge in [0.15, 0.2) is 0 Å². The number of carbonyl (C=O) groups excluding carboxylic acids is 1. The average Bonchev–Trinajstić information content (AvgIpc) is 2.52. The highest BCUT2D eigenvalue weighted by molar-refractivity contribution is 6.30. The van der Waals surface area contributed by atoms with Gasteiger partial charge in [-0.15, -0.1) is 0 Å². The van der Waals surface area contributed by atoms with Crippen LogP contribution >= 0.6 is 11.6 Å². The van der Waals surface area contributed by atoms with Crippen LogP contribution in [-0.4, -0.2) is 29.0 Å². The highest BCUT2D eigenvalue weighted by Gasteiger charge is 2.51. The number of esters is 1. The molecule has 1 aliphatic heterocycles. The van der Waals surface area contributed by atoms with E-state index in [1.165, 1.54) is 6.07 Å². The second-order valence-electron chi connectivity index (χ2n) is 3.52. The van der Waals surface area contributed by atoms with Crippen molar-refractivity contribution in [2.45, 2.75) is 11.8 Å². The smallest absolute Gasteiger partial charge is 0.362 e. The quantitative estimate of drug-likeness (QED) is 0.632. The van der Waals surface area contributed by atoms with Crippen LogP contribution < -0.4 is 5.32 Å². The highest BCUT2D eigenvalue weighted by atomic mass is 35.5. The summed E-state index contributed by atoms with van der Waals surface area (Å²) >= 11 is 5.76. The molecule has 0 fully saturated rings. The molecule has 0 amide bonds. The number of hydrogen-bond acceptors (Lipinski definition) is 5. The normalized spacial score (nSPS) is 27.1. The third-order valence-corrected chi connectivity index (χ3v) is 2.76. The summed E-state index contributed by atoms with van der Waals surface area (Å²) in [5.41, 5.74) is -1.34. The molecular weight excluding hydrogens is 234 g/mol. The number of hydrogen-bond donors (Lipinski definition) is 3. The Morgan fingerprint density at radius 3 is 2.94 bits per heavy atom. The maximum atomic E-state index is 11.4. The van der Waals surface area contributed by atoms with Gasteiger partial charge in [-0.05, 0) is 18.2 Å². The number of aliphatic hydroxyl groups excluding tert-OH is 1. The van der Waals surface area contributed by atoms with E-state index in [1.54, 1.807) is 12.1 Å².